The Hall–Kier alpha value is -3.03. The fraction of sp³-hybridized carbons (Fsp3) is 0.575. The molecule has 4 aliphatic rings. The summed E-state index contributed by atoms with van der Waals surface area (Å²) in [5, 5.41) is 12.1. The van der Waals surface area contributed by atoms with Gasteiger partial charge < -0.3 is 19.5 Å². The van der Waals surface area contributed by atoms with Crippen molar-refractivity contribution < 1.29 is 27.8 Å². The summed E-state index contributed by atoms with van der Waals surface area (Å²) in [6.45, 7) is 8.43. The third-order valence-electron chi connectivity index (χ3n) is 11.2. The van der Waals surface area contributed by atoms with E-state index in [-0.39, 0.29) is 22.8 Å². The topological polar surface area (TPSA) is 105 Å². The summed E-state index contributed by atoms with van der Waals surface area (Å²) < 4.78 is 39.6. The molecule has 2 aromatic carbocycles. The average Bonchev–Trinajstić information content (AvgIpc) is 3.22. The number of amides is 1. The number of carbonyl (C=O) groups is 1. The molecule has 0 bridgehead atoms. The van der Waals surface area contributed by atoms with E-state index in [4.69, 9.17) is 21.1 Å². The summed E-state index contributed by atoms with van der Waals surface area (Å²) in [7, 11) is -3.82. The van der Waals surface area contributed by atoms with E-state index in [9.17, 15) is 18.3 Å². The molecule has 2 aliphatic heterocycles. The van der Waals surface area contributed by atoms with Crippen LogP contribution in [0.3, 0.4) is 0 Å². The molecule has 1 saturated heterocycles. The Balaban J connectivity index is 1.33. The van der Waals surface area contributed by atoms with Gasteiger partial charge in [0.15, 0.2) is 0 Å². The number of rotatable bonds is 9. The van der Waals surface area contributed by atoms with Gasteiger partial charge >= 0.3 is 0 Å². The highest BCUT2D eigenvalue weighted by Gasteiger charge is 2.47. The highest BCUT2D eigenvalue weighted by atomic mass is 35.5. The molecule has 0 radical (unpaired) electrons. The number of nitrogens with one attached hydrogen (secondary N) is 1. The summed E-state index contributed by atoms with van der Waals surface area (Å²) in [4.78, 5) is 15.6. The Morgan fingerprint density at radius 2 is 1.98 bits per heavy atom. The van der Waals surface area contributed by atoms with Crippen molar-refractivity contribution in [1.29, 1.82) is 0 Å². The molecule has 0 aromatic heterocycles. The largest absolute Gasteiger partial charge is 0.490 e. The lowest BCUT2D eigenvalue weighted by atomic mass is 9.64. The van der Waals surface area contributed by atoms with Crippen molar-refractivity contribution in [2.75, 3.05) is 37.8 Å². The number of ether oxygens (including phenoxy) is 2. The van der Waals surface area contributed by atoms with Gasteiger partial charge in [0.25, 0.3) is 5.91 Å². The van der Waals surface area contributed by atoms with E-state index in [1.807, 2.05) is 18.2 Å². The lowest BCUT2D eigenvalue weighted by Crippen LogP contribution is -2.52. The second-order valence-electron chi connectivity index (χ2n) is 15.0. The maximum Gasteiger partial charge on any atom is 0.264 e. The molecule has 1 saturated carbocycles. The fourth-order valence-corrected chi connectivity index (χ4v) is 8.86. The van der Waals surface area contributed by atoms with Crippen LogP contribution in [0.1, 0.15) is 93.6 Å². The van der Waals surface area contributed by atoms with Gasteiger partial charge in [0.05, 0.1) is 17.5 Å². The van der Waals surface area contributed by atoms with E-state index in [1.165, 1.54) is 25.0 Å². The van der Waals surface area contributed by atoms with Crippen molar-refractivity contribution in [3.63, 3.8) is 0 Å². The first-order valence-electron chi connectivity index (χ1n) is 18.3. The van der Waals surface area contributed by atoms with Crippen LogP contribution in [-0.4, -0.2) is 63.2 Å². The fourth-order valence-electron chi connectivity index (χ4n) is 8.05. The number of allylic oxidation sites excluding steroid dienone is 1. The van der Waals surface area contributed by atoms with E-state index in [2.05, 4.69) is 40.5 Å². The van der Waals surface area contributed by atoms with E-state index in [0.717, 1.165) is 81.7 Å². The summed E-state index contributed by atoms with van der Waals surface area (Å²) in [6.07, 6.45) is 12.2. The highest BCUT2D eigenvalue weighted by molar-refractivity contribution is 7.90. The number of fused-ring (bicyclic) bond motifs is 3. The molecule has 8 nitrogen and oxygen atoms in total. The zero-order valence-electron chi connectivity index (χ0n) is 29.5. The number of benzene rings is 2. The van der Waals surface area contributed by atoms with E-state index in [1.54, 1.807) is 18.2 Å². The molecular formula is C40H51ClN2O6S. The predicted molar refractivity (Wildman–Crippen MR) is 198 cm³/mol. The monoisotopic (exact) mass is 722 g/mol. The van der Waals surface area contributed by atoms with E-state index >= 15 is 0 Å². The number of carbonyl (C=O) groups excluding carboxylic acids is 1. The number of sulfonamides is 1. The first-order chi connectivity index (χ1) is 23.9. The molecule has 2 heterocycles. The molecule has 2 aromatic rings. The predicted octanol–water partition coefficient (Wildman–Crippen LogP) is 6.82. The molecule has 10 heteroatoms. The molecule has 50 heavy (non-hydrogen) atoms. The second-order valence-corrected chi connectivity index (χ2v) is 17.6. The van der Waals surface area contributed by atoms with Crippen LogP contribution in [0.4, 0.5) is 5.69 Å². The van der Waals surface area contributed by atoms with Crippen LogP contribution in [0, 0.1) is 29.6 Å². The quantitative estimate of drug-likeness (QED) is 0.216. The SMILES string of the molecule is CC/C=C/[C@@](O)(C#CCC1CCOCC1)[C@@H]1CC[C@H]1CN1C[C@@]2(CCCc3cc(Cl)ccc32)COc2ccc(C(=O)NS(=O)(=O)C(C)C)cc21. The van der Waals surface area contributed by atoms with Gasteiger partial charge in [0, 0.05) is 54.6 Å². The Labute approximate surface area is 303 Å². The van der Waals surface area contributed by atoms with Crippen molar-refractivity contribution in [3.8, 4) is 17.6 Å². The highest BCUT2D eigenvalue weighted by Crippen LogP contribution is 2.48. The number of halogens is 1. The summed E-state index contributed by atoms with van der Waals surface area (Å²) in [6, 6.07) is 11.3. The number of aliphatic hydroxyl groups is 1. The van der Waals surface area contributed by atoms with Crippen LogP contribution in [-0.2, 0) is 26.6 Å². The Bertz CT molecular complexity index is 1760. The summed E-state index contributed by atoms with van der Waals surface area (Å²) in [5.41, 5.74) is 1.91. The van der Waals surface area contributed by atoms with Gasteiger partial charge in [0.2, 0.25) is 10.0 Å². The molecule has 2 aliphatic carbocycles. The van der Waals surface area contributed by atoms with Crippen molar-refractivity contribution in [2.45, 2.75) is 94.8 Å². The van der Waals surface area contributed by atoms with Gasteiger partial charge in [-0.3, -0.25) is 4.79 Å². The molecule has 6 rings (SSSR count). The minimum Gasteiger partial charge on any atom is -0.490 e. The minimum absolute atomic E-state index is 0.0591. The second kappa shape index (κ2) is 15.3. The molecule has 1 amide bonds. The van der Waals surface area contributed by atoms with Crippen LogP contribution in [0.15, 0.2) is 48.6 Å². The Kier molecular flexibility index (Phi) is 11.2. The standard InChI is InChI=1S/C40H51ClN2O6S/c1-4-5-19-40(45,20-6-8-29-16-21-48-22-17-29)35-13-10-32(35)25-43-26-39(18-7-9-30-23-33(41)12-14-34(30)39)27-49-37-15-11-31(24-36(37)43)38(44)42-50(46,47)28(2)3/h5,11-12,14-15,19,23-24,28-29,32,35,45H,4,7-10,13,16-18,21-22,25-27H2,1-3H3,(H,42,44)/b19-5+/t32-,35+,39-,40+/m0/s1. The third-order valence-corrected chi connectivity index (χ3v) is 13.2. The van der Waals surface area contributed by atoms with Gasteiger partial charge in [-0.1, -0.05) is 42.5 Å². The first-order valence-corrected chi connectivity index (χ1v) is 20.2. The molecule has 4 atom stereocenters. The number of nitrogens with zero attached hydrogens (tertiary/aromatic N) is 1. The van der Waals surface area contributed by atoms with Crippen LogP contribution >= 0.6 is 11.6 Å². The minimum atomic E-state index is -3.82. The zero-order chi connectivity index (χ0) is 35.5. The normalized spacial score (nSPS) is 25.0. The lowest BCUT2D eigenvalue weighted by Gasteiger charge is -2.47. The van der Waals surface area contributed by atoms with Gasteiger partial charge in [-0.15, -0.1) is 0 Å². The van der Waals surface area contributed by atoms with Crippen LogP contribution in [0.2, 0.25) is 5.02 Å². The van der Waals surface area contributed by atoms with Gasteiger partial charge in [0.1, 0.15) is 11.4 Å². The zero-order valence-corrected chi connectivity index (χ0v) is 31.1. The lowest BCUT2D eigenvalue weighted by molar-refractivity contribution is -0.00325. The molecular weight excluding hydrogens is 672 g/mol. The maximum atomic E-state index is 13.3. The maximum absolute atomic E-state index is 13.3. The Morgan fingerprint density at radius 1 is 1.18 bits per heavy atom. The smallest absolute Gasteiger partial charge is 0.264 e. The number of anilines is 1. The third kappa shape index (κ3) is 7.89. The van der Waals surface area contributed by atoms with E-state index < -0.39 is 26.8 Å². The Morgan fingerprint density at radius 3 is 2.70 bits per heavy atom. The van der Waals surface area contributed by atoms with Gasteiger partial charge in [-0.05, 0) is 125 Å². The molecule has 1 spiro atoms. The van der Waals surface area contributed by atoms with Crippen LogP contribution in [0.25, 0.3) is 0 Å². The van der Waals surface area contributed by atoms with Gasteiger partial charge in [-0.2, -0.15) is 0 Å². The average molecular weight is 723 g/mol. The molecule has 270 valence electrons. The van der Waals surface area contributed by atoms with E-state index in [0.29, 0.717) is 31.4 Å². The van der Waals surface area contributed by atoms with Crippen LogP contribution in [0.5, 0.6) is 5.75 Å². The van der Waals surface area contributed by atoms with Crippen LogP contribution < -0.4 is 14.4 Å². The molecule has 2 N–H and O–H groups in total. The first kappa shape index (κ1) is 36.8. The number of hydrogen-bond donors (Lipinski definition) is 2. The number of hydrogen-bond acceptors (Lipinski definition) is 7. The van der Waals surface area contributed by atoms with Crippen molar-refractivity contribution in [2.24, 2.45) is 17.8 Å². The summed E-state index contributed by atoms with van der Waals surface area (Å²) >= 11 is 6.45. The number of aryl methyl sites for hydroxylation is 1. The van der Waals surface area contributed by atoms with Crippen molar-refractivity contribution in [3.05, 3.63) is 70.3 Å². The molecule has 2 fully saturated rings. The van der Waals surface area contributed by atoms with Crippen molar-refractivity contribution >= 4 is 33.2 Å². The van der Waals surface area contributed by atoms with Crippen molar-refractivity contribution in [1.82, 2.24) is 4.72 Å². The summed E-state index contributed by atoms with van der Waals surface area (Å²) in [5.74, 6) is 7.24. The van der Waals surface area contributed by atoms with Gasteiger partial charge in [-0.25, -0.2) is 13.1 Å². The molecule has 0 unspecified atom stereocenters.